The lowest BCUT2D eigenvalue weighted by atomic mass is 9.98. The summed E-state index contributed by atoms with van der Waals surface area (Å²) in [6.07, 6.45) is 0. The van der Waals surface area contributed by atoms with E-state index in [4.69, 9.17) is 4.74 Å². The summed E-state index contributed by atoms with van der Waals surface area (Å²) in [7, 11) is 0. The van der Waals surface area contributed by atoms with Gasteiger partial charge < -0.3 is 4.74 Å². The third-order valence-electron chi connectivity index (χ3n) is 2.74. The lowest BCUT2D eigenvalue weighted by Crippen LogP contribution is -2.24. The van der Waals surface area contributed by atoms with Crippen LogP contribution in [-0.2, 0) is 16.3 Å². The highest BCUT2D eigenvalue weighted by molar-refractivity contribution is 5.75. The molecular weight excluding hydrogens is 256 g/mol. The molecule has 0 spiro atoms. The predicted molar refractivity (Wildman–Crippen MR) is 73.5 cm³/mol. The lowest BCUT2D eigenvalue weighted by Gasteiger charge is -2.16. The third-order valence-corrected chi connectivity index (χ3v) is 2.74. The molecule has 20 heavy (non-hydrogen) atoms. The largest absolute Gasteiger partial charge is 0.442 e. The smallest absolute Gasteiger partial charge is 0.313 e. The number of hydrogen-bond acceptors (Lipinski definition) is 5. The molecule has 6 heteroatoms. The third kappa shape index (κ3) is 3.20. The molecule has 1 aromatic heterocycles. The molecule has 0 saturated carbocycles. The van der Waals surface area contributed by atoms with Crippen LogP contribution in [0.25, 0.3) is 11.4 Å². The number of esters is 1. The second-order valence-corrected chi connectivity index (χ2v) is 5.68. The highest BCUT2D eigenvalue weighted by Gasteiger charge is 2.23. The molecule has 0 radical (unpaired) electrons. The highest BCUT2D eigenvalue weighted by Crippen LogP contribution is 2.18. The first kappa shape index (κ1) is 14.2. The highest BCUT2D eigenvalue weighted by atomic mass is 16.5. The van der Waals surface area contributed by atoms with Crippen molar-refractivity contribution < 1.29 is 9.53 Å². The molecule has 0 amide bonds. The Bertz CT molecular complexity index is 614. The van der Waals surface area contributed by atoms with Crippen molar-refractivity contribution in [1.82, 2.24) is 20.2 Å². The normalized spacial score (nSPS) is 11.4. The van der Waals surface area contributed by atoms with E-state index >= 15 is 0 Å². The summed E-state index contributed by atoms with van der Waals surface area (Å²) in [4.78, 5) is 11.8. The first-order valence-corrected chi connectivity index (χ1v) is 6.38. The lowest BCUT2D eigenvalue weighted by molar-refractivity contribution is -0.157. The maximum atomic E-state index is 11.8. The average Bonchev–Trinajstić information content (AvgIpc) is 2.83. The van der Waals surface area contributed by atoms with Crippen molar-refractivity contribution in [2.45, 2.75) is 34.4 Å². The summed E-state index contributed by atoms with van der Waals surface area (Å²) >= 11 is 0. The second kappa shape index (κ2) is 5.40. The minimum absolute atomic E-state index is 0.00633. The number of rotatable bonds is 3. The molecule has 0 aliphatic rings. The van der Waals surface area contributed by atoms with Crippen LogP contribution in [0.5, 0.6) is 0 Å². The van der Waals surface area contributed by atoms with E-state index < -0.39 is 5.41 Å². The number of nitrogens with zero attached hydrogens (tertiary/aromatic N) is 4. The Morgan fingerprint density at radius 1 is 1.35 bits per heavy atom. The van der Waals surface area contributed by atoms with E-state index in [-0.39, 0.29) is 12.7 Å². The Hall–Kier alpha value is -2.24. The molecule has 106 valence electrons. The van der Waals surface area contributed by atoms with E-state index in [0.29, 0.717) is 5.82 Å². The van der Waals surface area contributed by atoms with Gasteiger partial charge in [-0.2, -0.15) is 4.68 Å². The van der Waals surface area contributed by atoms with Gasteiger partial charge in [0, 0.05) is 5.56 Å². The molecular formula is C14H18N4O2. The van der Waals surface area contributed by atoms with Crippen LogP contribution < -0.4 is 0 Å². The van der Waals surface area contributed by atoms with Crippen LogP contribution >= 0.6 is 0 Å². The fourth-order valence-corrected chi connectivity index (χ4v) is 1.62. The predicted octanol–water partition coefficient (Wildman–Crippen LogP) is 2.20. The fourth-order valence-electron chi connectivity index (χ4n) is 1.62. The molecule has 0 fully saturated rings. The van der Waals surface area contributed by atoms with Gasteiger partial charge in [0.1, 0.15) is 0 Å². The van der Waals surface area contributed by atoms with E-state index in [1.165, 1.54) is 4.68 Å². The van der Waals surface area contributed by atoms with Crippen molar-refractivity contribution >= 4 is 5.97 Å². The fraction of sp³-hybridized carbons (Fsp3) is 0.429. The number of carbonyl (C=O) groups excluding carboxylic acids is 1. The molecule has 6 nitrogen and oxygen atoms in total. The van der Waals surface area contributed by atoms with Gasteiger partial charge in [0.15, 0.2) is 12.6 Å². The van der Waals surface area contributed by atoms with Crippen LogP contribution in [0.3, 0.4) is 0 Å². The second-order valence-electron chi connectivity index (χ2n) is 5.68. The van der Waals surface area contributed by atoms with Crippen molar-refractivity contribution in [2.24, 2.45) is 5.41 Å². The molecule has 0 atom stereocenters. The zero-order chi connectivity index (χ0) is 14.8. The Balaban J connectivity index is 2.16. The van der Waals surface area contributed by atoms with Gasteiger partial charge in [-0.15, -0.1) is 5.10 Å². The maximum absolute atomic E-state index is 11.8. The van der Waals surface area contributed by atoms with Gasteiger partial charge in [0.2, 0.25) is 0 Å². The van der Waals surface area contributed by atoms with Crippen molar-refractivity contribution in [3.05, 3.63) is 29.8 Å². The van der Waals surface area contributed by atoms with E-state index in [2.05, 4.69) is 15.5 Å². The van der Waals surface area contributed by atoms with Gasteiger partial charge in [0.25, 0.3) is 0 Å². The molecule has 1 aromatic carbocycles. The molecule has 0 bridgehead atoms. The molecule has 0 aliphatic carbocycles. The van der Waals surface area contributed by atoms with Crippen LogP contribution in [0, 0.1) is 12.3 Å². The molecule has 0 saturated heterocycles. The molecule has 1 heterocycles. The van der Waals surface area contributed by atoms with Gasteiger partial charge in [-0.1, -0.05) is 23.8 Å². The summed E-state index contributed by atoms with van der Waals surface area (Å²) in [5.74, 6) is 0.290. The van der Waals surface area contributed by atoms with Gasteiger partial charge in [0.05, 0.1) is 5.41 Å². The molecule has 0 N–H and O–H groups in total. The van der Waals surface area contributed by atoms with Crippen LogP contribution in [0.15, 0.2) is 24.3 Å². The number of benzene rings is 1. The quantitative estimate of drug-likeness (QED) is 0.802. The number of hydrogen-bond donors (Lipinski definition) is 0. The van der Waals surface area contributed by atoms with Gasteiger partial charge in [-0.05, 0) is 44.2 Å². The maximum Gasteiger partial charge on any atom is 0.313 e. The van der Waals surface area contributed by atoms with Crippen LogP contribution in [-0.4, -0.2) is 26.2 Å². The van der Waals surface area contributed by atoms with E-state index in [1.807, 2.05) is 31.2 Å². The standard InChI is InChI=1S/C14H18N4O2/c1-10-6-5-7-11(8-10)12-15-16-17-18(12)9-20-13(19)14(2,3)4/h5-8H,9H2,1-4H3. The Labute approximate surface area is 117 Å². The molecule has 0 unspecified atom stereocenters. The minimum Gasteiger partial charge on any atom is -0.442 e. The van der Waals surface area contributed by atoms with Crippen molar-refractivity contribution in [3.8, 4) is 11.4 Å². The average molecular weight is 274 g/mol. The van der Waals surface area contributed by atoms with Crippen molar-refractivity contribution in [1.29, 1.82) is 0 Å². The Morgan fingerprint density at radius 3 is 2.75 bits per heavy atom. The summed E-state index contributed by atoms with van der Waals surface area (Å²) in [5.41, 5.74) is 1.46. The zero-order valence-electron chi connectivity index (χ0n) is 12.1. The van der Waals surface area contributed by atoms with Crippen LogP contribution in [0.1, 0.15) is 26.3 Å². The Morgan fingerprint density at radius 2 is 2.10 bits per heavy atom. The van der Waals surface area contributed by atoms with E-state index in [9.17, 15) is 4.79 Å². The molecule has 0 aliphatic heterocycles. The molecule has 2 aromatic rings. The number of carbonyl (C=O) groups is 1. The first-order valence-electron chi connectivity index (χ1n) is 6.38. The summed E-state index contributed by atoms with van der Waals surface area (Å²) in [5, 5.41) is 11.5. The minimum atomic E-state index is -0.544. The van der Waals surface area contributed by atoms with Gasteiger partial charge in [-0.25, -0.2) is 0 Å². The summed E-state index contributed by atoms with van der Waals surface area (Å²) in [6.45, 7) is 7.41. The SMILES string of the molecule is Cc1cccc(-c2nnnn2COC(=O)C(C)(C)C)c1. The number of ether oxygens (including phenoxy) is 1. The van der Waals surface area contributed by atoms with E-state index in [0.717, 1.165) is 11.1 Å². The van der Waals surface area contributed by atoms with Crippen LogP contribution in [0.2, 0.25) is 0 Å². The summed E-state index contributed by atoms with van der Waals surface area (Å²) < 4.78 is 6.70. The number of tetrazole rings is 1. The first-order chi connectivity index (χ1) is 9.38. The summed E-state index contributed by atoms with van der Waals surface area (Å²) in [6, 6.07) is 7.83. The number of aryl methyl sites for hydroxylation is 1. The van der Waals surface area contributed by atoms with Crippen molar-refractivity contribution in [2.75, 3.05) is 0 Å². The zero-order valence-corrected chi connectivity index (χ0v) is 12.1. The number of aromatic nitrogens is 4. The van der Waals surface area contributed by atoms with Gasteiger partial charge in [-0.3, -0.25) is 4.79 Å². The Kier molecular flexibility index (Phi) is 3.83. The van der Waals surface area contributed by atoms with Crippen LogP contribution in [0.4, 0.5) is 0 Å². The topological polar surface area (TPSA) is 69.9 Å². The monoisotopic (exact) mass is 274 g/mol. The van der Waals surface area contributed by atoms with Crippen molar-refractivity contribution in [3.63, 3.8) is 0 Å². The van der Waals surface area contributed by atoms with Gasteiger partial charge >= 0.3 is 5.97 Å². The van der Waals surface area contributed by atoms with E-state index in [1.54, 1.807) is 20.8 Å². The molecule has 2 rings (SSSR count).